The standard InChI is InChI=1S/C11H8Cl2O3/c12-7-3-6(4-8(13)5-7)10-9(14)1-2-16-11(10)15/h3-5,14H,1-2H2. The normalized spacial score (nSPS) is 16.2. The molecule has 0 unspecified atom stereocenters. The largest absolute Gasteiger partial charge is 0.511 e. The minimum absolute atomic E-state index is 0.00887. The second kappa shape index (κ2) is 4.36. The first-order chi connectivity index (χ1) is 7.58. The van der Waals surface area contributed by atoms with Crippen LogP contribution in [-0.2, 0) is 9.53 Å². The molecule has 0 bridgehead atoms. The van der Waals surface area contributed by atoms with Gasteiger partial charge in [-0.15, -0.1) is 0 Å². The number of cyclic esters (lactones) is 1. The number of rotatable bonds is 1. The summed E-state index contributed by atoms with van der Waals surface area (Å²) in [5.74, 6) is -0.545. The van der Waals surface area contributed by atoms with Gasteiger partial charge in [-0.25, -0.2) is 4.79 Å². The number of carbonyl (C=O) groups excluding carboxylic acids is 1. The smallest absolute Gasteiger partial charge is 0.342 e. The second-order valence-corrected chi connectivity index (χ2v) is 4.24. The van der Waals surface area contributed by atoms with E-state index in [1.54, 1.807) is 18.2 Å². The van der Waals surface area contributed by atoms with E-state index < -0.39 is 5.97 Å². The number of carbonyl (C=O) groups is 1. The molecule has 1 aromatic rings. The molecule has 0 atom stereocenters. The molecule has 0 amide bonds. The molecule has 2 rings (SSSR count). The van der Waals surface area contributed by atoms with Crippen molar-refractivity contribution in [2.75, 3.05) is 6.61 Å². The van der Waals surface area contributed by atoms with Crippen molar-refractivity contribution >= 4 is 34.7 Å². The third-order valence-electron chi connectivity index (χ3n) is 2.22. The van der Waals surface area contributed by atoms with Crippen LogP contribution in [0.4, 0.5) is 0 Å². The van der Waals surface area contributed by atoms with E-state index in [0.717, 1.165) is 0 Å². The quantitative estimate of drug-likeness (QED) is 0.787. The summed E-state index contributed by atoms with van der Waals surface area (Å²) in [6.07, 6.45) is 0.311. The fourth-order valence-corrected chi connectivity index (χ4v) is 2.06. The van der Waals surface area contributed by atoms with Crippen molar-refractivity contribution in [1.82, 2.24) is 0 Å². The highest BCUT2D eigenvalue weighted by Crippen LogP contribution is 2.29. The van der Waals surface area contributed by atoms with Gasteiger partial charge in [0.05, 0.1) is 6.61 Å². The van der Waals surface area contributed by atoms with Gasteiger partial charge in [-0.05, 0) is 23.8 Å². The van der Waals surface area contributed by atoms with Gasteiger partial charge in [0, 0.05) is 16.5 Å². The molecule has 0 saturated heterocycles. The summed E-state index contributed by atoms with van der Waals surface area (Å²) in [5.41, 5.74) is 0.607. The minimum atomic E-state index is -0.554. The Bertz CT molecular complexity index is 460. The lowest BCUT2D eigenvalue weighted by Gasteiger charge is -2.16. The summed E-state index contributed by atoms with van der Waals surface area (Å²) < 4.78 is 4.85. The van der Waals surface area contributed by atoms with Crippen LogP contribution in [0.5, 0.6) is 0 Å². The van der Waals surface area contributed by atoms with E-state index >= 15 is 0 Å². The van der Waals surface area contributed by atoms with Crippen LogP contribution in [0.3, 0.4) is 0 Å². The lowest BCUT2D eigenvalue weighted by molar-refractivity contribution is -0.137. The van der Waals surface area contributed by atoms with E-state index in [0.29, 0.717) is 22.0 Å². The van der Waals surface area contributed by atoms with Crippen molar-refractivity contribution < 1.29 is 14.6 Å². The van der Waals surface area contributed by atoms with Gasteiger partial charge in [-0.3, -0.25) is 0 Å². The van der Waals surface area contributed by atoms with Gasteiger partial charge in [-0.1, -0.05) is 23.2 Å². The Hall–Kier alpha value is -1.19. The maximum absolute atomic E-state index is 11.5. The number of aliphatic hydroxyl groups excluding tert-OH is 1. The number of halogens is 2. The number of benzene rings is 1. The van der Waals surface area contributed by atoms with Gasteiger partial charge < -0.3 is 9.84 Å². The van der Waals surface area contributed by atoms with E-state index in [1.807, 2.05) is 0 Å². The molecule has 0 spiro atoms. The average Bonchev–Trinajstić information content (AvgIpc) is 2.15. The Morgan fingerprint density at radius 3 is 2.38 bits per heavy atom. The topological polar surface area (TPSA) is 46.5 Å². The molecular formula is C11H8Cl2O3. The lowest BCUT2D eigenvalue weighted by atomic mass is 10.0. The molecule has 5 heteroatoms. The van der Waals surface area contributed by atoms with E-state index in [-0.39, 0.29) is 17.9 Å². The molecule has 1 heterocycles. The van der Waals surface area contributed by atoms with Crippen LogP contribution in [-0.4, -0.2) is 17.7 Å². The molecule has 1 aliphatic rings. The zero-order valence-corrected chi connectivity index (χ0v) is 9.68. The maximum Gasteiger partial charge on any atom is 0.342 e. The third-order valence-corrected chi connectivity index (χ3v) is 2.65. The van der Waals surface area contributed by atoms with Crippen molar-refractivity contribution in [2.45, 2.75) is 6.42 Å². The van der Waals surface area contributed by atoms with Crippen LogP contribution in [0.2, 0.25) is 10.0 Å². The fraction of sp³-hybridized carbons (Fsp3) is 0.182. The molecule has 0 aliphatic carbocycles. The summed E-state index contributed by atoms with van der Waals surface area (Å²) in [4.78, 5) is 11.5. The van der Waals surface area contributed by atoms with Crippen molar-refractivity contribution in [2.24, 2.45) is 0 Å². The van der Waals surface area contributed by atoms with E-state index in [9.17, 15) is 9.90 Å². The third kappa shape index (κ3) is 2.15. The highest BCUT2D eigenvalue weighted by molar-refractivity contribution is 6.35. The number of hydrogen-bond acceptors (Lipinski definition) is 3. The van der Waals surface area contributed by atoms with E-state index in [2.05, 4.69) is 0 Å². The van der Waals surface area contributed by atoms with Gasteiger partial charge in [0.1, 0.15) is 11.3 Å². The zero-order chi connectivity index (χ0) is 11.7. The predicted octanol–water partition coefficient (Wildman–Crippen LogP) is 3.21. The highest BCUT2D eigenvalue weighted by atomic mass is 35.5. The van der Waals surface area contributed by atoms with Crippen molar-refractivity contribution in [3.05, 3.63) is 39.6 Å². The molecule has 1 aliphatic heterocycles. The maximum atomic E-state index is 11.5. The molecule has 3 nitrogen and oxygen atoms in total. The molecule has 0 radical (unpaired) electrons. The van der Waals surface area contributed by atoms with Crippen LogP contribution in [0, 0.1) is 0 Å². The molecule has 1 aromatic carbocycles. The Kier molecular flexibility index (Phi) is 3.08. The van der Waals surface area contributed by atoms with Gasteiger partial charge in [-0.2, -0.15) is 0 Å². The Balaban J connectivity index is 2.54. The first-order valence-corrected chi connectivity index (χ1v) is 5.39. The SMILES string of the molecule is O=C1OCCC(O)=C1c1cc(Cl)cc(Cl)c1. The Morgan fingerprint density at radius 2 is 1.81 bits per heavy atom. The molecular weight excluding hydrogens is 251 g/mol. The van der Waals surface area contributed by atoms with Crippen molar-refractivity contribution in [3.8, 4) is 0 Å². The molecule has 16 heavy (non-hydrogen) atoms. The fourth-order valence-electron chi connectivity index (χ4n) is 1.54. The van der Waals surface area contributed by atoms with Gasteiger partial charge >= 0.3 is 5.97 Å². The van der Waals surface area contributed by atoms with Gasteiger partial charge in [0.25, 0.3) is 0 Å². The molecule has 0 saturated carbocycles. The predicted molar refractivity (Wildman–Crippen MR) is 61.6 cm³/mol. The van der Waals surface area contributed by atoms with Crippen LogP contribution in [0.1, 0.15) is 12.0 Å². The number of esters is 1. The zero-order valence-electron chi connectivity index (χ0n) is 8.17. The van der Waals surface area contributed by atoms with Crippen molar-refractivity contribution in [1.29, 1.82) is 0 Å². The summed E-state index contributed by atoms with van der Waals surface area (Å²) in [7, 11) is 0. The highest BCUT2D eigenvalue weighted by Gasteiger charge is 2.23. The number of ether oxygens (including phenoxy) is 1. The number of hydrogen-bond donors (Lipinski definition) is 1. The van der Waals surface area contributed by atoms with E-state index in [4.69, 9.17) is 27.9 Å². The minimum Gasteiger partial charge on any atom is -0.511 e. The Morgan fingerprint density at radius 1 is 1.19 bits per heavy atom. The van der Waals surface area contributed by atoms with Crippen LogP contribution >= 0.6 is 23.2 Å². The Labute approximate surface area is 102 Å². The first kappa shape index (κ1) is 11.3. The summed E-state index contributed by atoms with van der Waals surface area (Å²) in [6, 6.07) is 4.68. The van der Waals surface area contributed by atoms with E-state index in [1.165, 1.54) is 0 Å². The average molecular weight is 259 g/mol. The molecule has 0 aromatic heterocycles. The van der Waals surface area contributed by atoms with Crippen LogP contribution in [0.25, 0.3) is 5.57 Å². The summed E-state index contributed by atoms with van der Waals surface area (Å²) in [6.45, 7) is 0.197. The van der Waals surface area contributed by atoms with Crippen LogP contribution in [0.15, 0.2) is 24.0 Å². The van der Waals surface area contributed by atoms with Crippen molar-refractivity contribution in [3.63, 3.8) is 0 Å². The lowest BCUT2D eigenvalue weighted by Crippen LogP contribution is -2.16. The van der Waals surface area contributed by atoms with Crippen LogP contribution < -0.4 is 0 Å². The molecule has 1 N–H and O–H groups in total. The monoisotopic (exact) mass is 258 g/mol. The summed E-state index contributed by atoms with van der Waals surface area (Å²) in [5, 5.41) is 10.5. The summed E-state index contributed by atoms with van der Waals surface area (Å²) >= 11 is 11.6. The van der Waals surface area contributed by atoms with Gasteiger partial charge in [0.2, 0.25) is 0 Å². The molecule has 0 fully saturated rings. The molecule has 84 valence electrons. The first-order valence-electron chi connectivity index (χ1n) is 4.63. The van der Waals surface area contributed by atoms with Gasteiger partial charge in [0.15, 0.2) is 0 Å². The number of aliphatic hydroxyl groups is 1. The second-order valence-electron chi connectivity index (χ2n) is 3.37.